The predicted octanol–water partition coefficient (Wildman–Crippen LogP) is 2.92. The number of benzene rings is 1. The molecule has 0 radical (unpaired) electrons. The Bertz CT molecular complexity index is 544. The first-order valence-corrected chi connectivity index (χ1v) is 6.14. The van der Waals surface area contributed by atoms with Gasteiger partial charge < -0.3 is 5.32 Å². The third kappa shape index (κ3) is 2.47. The summed E-state index contributed by atoms with van der Waals surface area (Å²) in [4.78, 5) is 4.76. The number of likely N-dealkylation sites (N-methyl/N-ethyl adjacent to an activating group) is 1. The Kier molecular flexibility index (Phi) is 3.43. The van der Waals surface area contributed by atoms with Gasteiger partial charge in [-0.05, 0) is 56.6 Å². The second-order valence-electron chi connectivity index (χ2n) is 4.76. The quantitative estimate of drug-likeness (QED) is 0.873. The van der Waals surface area contributed by atoms with E-state index in [0.717, 1.165) is 18.5 Å². The predicted molar refractivity (Wildman–Crippen MR) is 73.6 cm³/mol. The van der Waals surface area contributed by atoms with Gasteiger partial charge >= 0.3 is 0 Å². The zero-order chi connectivity index (χ0) is 12.4. The molecule has 1 aromatic heterocycles. The first-order chi connectivity index (χ1) is 8.11. The van der Waals surface area contributed by atoms with Crippen molar-refractivity contribution in [2.45, 2.75) is 27.2 Å². The van der Waals surface area contributed by atoms with Crippen LogP contribution in [-0.2, 0) is 6.42 Å². The molecule has 1 heterocycles. The van der Waals surface area contributed by atoms with Crippen molar-refractivity contribution >= 4 is 10.9 Å². The van der Waals surface area contributed by atoms with Crippen molar-refractivity contribution < 1.29 is 0 Å². The number of aromatic nitrogens is 1. The Morgan fingerprint density at radius 1 is 1.06 bits per heavy atom. The lowest BCUT2D eigenvalue weighted by molar-refractivity contribution is 0.778. The van der Waals surface area contributed by atoms with Crippen LogP contribution in [0.25, 0.3) is 10.9 Å². The molecular formula is C15H20N2. The van der Waals surface area contributed by atoms with Crippen LogP contribution < -0.4 is 5.32 Å². The van der Waals surface area contributed by atoms with Crippen molar-refractivity contribution in [3.8, 4) is 0 Å². The lowest BCUT2D eigenvalue weighted by Gasteiger charge is -2.10. The van der Waals surface area contributed by atoms with Crippen LogP contribution in [0, 0.1) is 20.8 Å². The van der Waals surface area contributed by atoms with Crippen LogP contribution in [0.3, 0.4) is 0 Å². The van der Waals surface area contributed by atoms with Gasteiger partial charge in [0.05, 0.1) is 5.52 Å². The molecule has 0 bridgehead atoms. The second kappa shape index (κ2) is 4.84. The molecule has 2 heteroatoms. The van der Waals surface area contributed by atoms with E-state index in [1.165, 1.54) is 27.8 Å². The molecule has 2 nitrogen and oxygen atoms in total. The SMILES string of the molecule is CNCCc1cc(C)c2c(C)cc(C)cc2n1. The summed E-state index contributed by atoms with van der Waals surface area (Å²) in [5.74, 6) is 0. The van der Waals surface area contributed by atoms with E-state index in [4.69, 9.17) is 4.98 Å². The Labute approximate surface area is 103 Å². The monoisotopic (exact) mass is 228 g/mol. The third-order valence-electron chi connectivity index (χ3n) is 3.13. The van der Waals surface area contributed by atoms with Crippen LogP contribution >= 0.6 is 0 Å². The van der Waals surface area contributed by atoms with Crippen LogP contribution in [0.5, 0.6) is 0 Å². The zero-order valence-electron chi connectivity index (χ0n) is 11.1. The number of nitrogens with zero attached hydrogens (tertiary/aromatic N) is 1. The lowest BCUT2D eigenvalue weighted by Crippen LogP contribution is -2.11. The fourth-order valence-electron chi connectivity index (χ4n) is 2.44. The van der Waals surface area contributed by atoms with Gasteiger partial charge in [0.25, 0.3) is 0 Å². The summed E-state index contributed by atoms with van der Waals surface area (Å²) in [6.45, 7) is 7.44. The second-order valence-corrected chi connectivity index (χ2v) is 4.76. The molecular weight excluding hydrogens is 208 g/mol. The summed E-state index contributed by atoms with van der Waals surface area (Å²) >= 11 is 0. The summed E-state index contributed by atoms with van der Waals surface area (Å²) in [5.41, 5.74) is 6.25. The Hall–Kier alpha value is -1.41. The molecule has 0 atom stereocenters. The van der Waals surface area contributed by atoms with Gasteiger partial charge in [0.15, 0.2) is 0 Å². The molecule has 0 aliphatic rings. The van der Waals surface area contributed by atoms with E-state index in [-0.39, 0.29) is 0 Å². The lowest BCUT2D eigenvalue weighted by atomic mass is 10.0. The smallest absolute Gasteiger partial charge is 0.0713 e. The number of rotatable bonds is 3. The molecule has 0 fully saturated rings. The van der Waals surface area contributed by atoms with Gasteiger partial charge in [0.1, 0.15) is 0 Å². The largest absolute Gasteiger partial charge is 0.319 e. The van der Waals surface area contributed by atoms with Crippen molar-refractivity contribution in [1.82, 2.24) is 10.3 Å². The summed E-state index contributed by atoms with van der Waals surface area (Å²) in [5, 5.41) is 4.48. The van der Waals surface area contributed by atoms with Gasteiger partial charge in [0, 0.05) is 24.0 Å². The molecule has 90 valence electrons. The number of hydrogen-bond acceptors (Lipinski definition) is 2. The van der Waals surface area contributed by atoms with Crippen LogP contribution in [0.15, 0.2) is 18.2 Å². The Morgan fingerprint density at radius 3 is 2.47 bits per heavy atom. The number of hydrogen-bond donors (Lipinski definition) is 1. The van der Waals surface area contributed by atoms with E-state index in [1.54, 1.807) is 0 Å². The molecule has 0 saturated carbocycles. The van der Waals surface area contributed by atoms with Gasteiger partial charge in [-0.3, -0.25) is 4.98 Å². The number of nitrogens with one attached hydrogen (secondary N) is 1. The minimum Gasteiger partial charge on any atom is -0.319 e. The van der Waals surface area contributed by atoms with Gasteiger partial charge in [0.2, 0.25) is 0 Å². The molecule has 0 spiro atoms. The van der Waals surface area contributed by atoms with Gasteiger partial charge in [-0.1, -0.05) is 6.07 Å². The zero-order valence-corrected chi connectivity index (χ0v) is 11.1. The molecule has 0 aliphatic carbocycles. The maximum Gasteiger partial charge on any atom is 0.0713 e. The van der Waals surface area contributed by atoms with Gasteiger partial charge in [-0.25, -0.2) is 0 Å². The number of aryl methyl sites for hydroxylation is 3. The van der Waals surface area contributed by atoms with Gasteiger partial charge in [-0.15, -0.1) is 0 Å². The minimum atomic E-state index is 0.975. The summed E-state index contributed by atoms with van der Waals surface area (Å²) < 4.78 is 0. The van der Waals surface area contributed by atoms with E-state index in [2.05, 4.69) is 44.3 Å². The van der Waals surface area contributed by atoms with Crippen molar-refractivity contribution in [2.75, 3.05) is 13.6 Å². The van der Waals surface area contributed by atoms with Crippen molar-refractivity contribution in [3.63, 3.8) is 0 Å². The molecule has 0 unspecified atom stereocenters. The fraction of sp³-hybridized carbons (Fsp3) is 0.400. The first-order valence-electron chi connectivity index (χ1n) is 6.14. The Morgan fingerprint density at radius 2 is 1.76 bits per heavy atom. The first kappa shape index (κ1) is 12.1. The van der Waals surface area contributed by atoms with Crippen LogP contribution in [0.4, 0.5) is 0 Å². The normalized spacial score (nSPS) is 11.1. The van der Waals surface area contributed by atoms with E-state index in [0.29, 0.717) is 0 Å². The maximum absolute atomic E-state index is 4.76. The molecule has 0 aliphatic heterocycles. The van der Waals surface area contributed by atoms with Crippen LogP contribution in [0.2, 0.25) is 0 Å². The Balaban J connectivity index is 2.56. The maximum atomic E-state index is 4.76. The highest BCUT2D eigenvalue weighted by Gasteiger charge is 2.06. The minimum absolute atomic E-state index is 0.975. The van der Waals surface area contributed by atoms with Crippen LogP contribution in [0.1, 0.15) is 22.4 Å². The molecule has 2 rings (SSSR count). The van der Waals surface area contributed by atoms with E-state index in [1.807, 2.05) is 7.05 Å². The van der Waals surface area contributed by atoms with Crippen LogP contribution in [-0.4, -0.2) is 18.6 Å². The van der Waals surface area contributed by atoms with E-state index >= 15 is 0 Å². The topological polar surface area (TPSA) is 24.9 Å². The van der Waals surface area contributed by atoms with E-state index in [9.17, 15) is 0 Å². The van der Waals surface area contributed by atoms with Gasteiger partial charge in [-0.2, -0.15) is 0 Å². The molecule has 17 heavy (non-hydrogen) atoms. The summed E-state index contributed by atoms with van der Waals surface area (Å²) in [7, 11) is 1.97. The highest BCUT2D eigenvalue weighted by Crippen LogP contribution is 2.23. The fourth-order valence-corrected chi connectivity index (χ4v) is 2.44. The number of fused-ring (bicyclic) bond motifs is 1. The third-order valence-corrected chi connectivity index (χ3v) is 3.13. The molecule has 1 aromatic carbocycles. The highest BCUT2D eigenvalue weighted by atomic mass is 14.8. The van der Waals surface area contributed by atoms with Crippen molar-refractivity contribution in [3.05, 3.63) is 40.6 Å². The number of pyridine rings is 1. The summed E-state index contributed by atoms with van der Waals surface area (Å²) in [6.07, 6.45) is 0.986. The highest BCUT2D eigenvalue weighted by molar-refractivity contribution is 5.86. The van der Waals surface area contributed by atoms with E-state index < -0.39 is 0 Å². The molecule has 0 amide bonds. The van der Waals surface area contributed by atoms with Crippen molar-refractivity contribution in [1.29, 1.82) is 0 Å². The van der Waals surface area contributed by atoms with Crippen molar-refractivity contribution in [2.24, 2.45) is 0 Å². The standard InChI is InChI=1S/C15H20N2/c1-10-7-11(2)15-12(3)9-13(5-6-16-4)17-14(15)8-10/h7-9,16H,5-6H2,1-4H3. The average molecular weight is 228 g/mol. The average Bonchev–Trinajstić information content (AvgIpc) is 2.24. The summed E-state index contributed by atoms with van der Waals surface area (Å²) in [6, 6.07) is 6.62. The molecule has 1 N–H and O–H groups in total. The molecule has 0 saturated heterocycles. The molecule has 2 aromatic rings.